The van der Waals surface area contributed by atoms with E-state index in [2.05, 4.69) is 15.4 Å². The first-order chi connectivity index (χ1) is 11.0. The van der Waals surface area contributed by atoms with E-state index in [9.17, 15) is 13.6 Å². The first-order valence-electron chi connectivity index (χ1n) is 6.44. The summed E-state index contributed by atoms with van der Waals surface area (Å²) in [5.41, 5.74) is 0.758. The molecule has 23 heavy (non-hydrogen) atoms. The number of halogens is 3. The zero-order valence-electron chi connectivity index (χ0n) is 12.0. The molecule has 122 valence electrons. The summed E-state index contributed by atoms with van der Waals surface area (Å²) in [5.74, 6) is -0.0471. The van der Waals surface area contributed by atoms with Crippen molar-refractivity contribution >= 4 is 29.0 Å². The molecule has 2 rings (SSSR count). The van der Waals surface area contributed by atoms with Gasteiger partial charge in [-0.1, -0.05) is 17.7 Å². The first-order valence-corrected chi connectivity index (χ1v) is 6.82. The molecular formula is C15H13ClF2N2O3. The molecular weight excluding hydrogens is 330 g/mol. The molecule has 0 spiro atoms. The van der Waals surface area contributed by atoms with Gasteiger partial charge < -0.3 is 20.1 Å². The normalized spacial score (nSPS) is 10.3. The van der Waals surface area contributed by atoms with Crippen molar-refractivity contribution in [2.75, 3.05) is 17.7 Å². The van der Waals surface area contributed by atoms with Crippen LogP contribution in [0.5, 0.6) is 11.5 Å². The van der Waals surface area contributed by atoms with Crippen molar-refractivity contribution in [3.8, 4) is 11.5 Å². The maximum atomic E-state index is 12.4. The van der Waals surface area contributed by atoms with Crippen LogP contribution in [0.1, 0.15) is 0 Å². The van der Waals surface area contributed by atoms with E-state index >= 15 is 0 Å². The van der Waals surface area contributed by atoms with Gasteiger partial charge in [-0.05, 0) is 30.3 Å². The van der Waals surface area contributed by atoms with Gasteiger partial charge in [0.25, 0.3) is 0 Å². The van der Waals surface area contributed by atoms with Crippen molar-refractivity contribution in [1.29, 1.82) is 0 Å². The molecule has 0 saturated heterocycles. The van der Waals surface area contributed by atoms with Crippen LogP contribution in [0.25, 0.3) is 0 Å². The lowest BCUT2D eigenvalue weighted by atomic mass is 10.2. The Bertz CT molecular complexity index is 698. The number of benzene rings is 2. The molecule has 0 bridgehead atoms. The number of hydrogen-bond acceptors (Lipinski definition) is 3. The summed E-state index contributed by atoms with van der Waals surface area (Å²) in [5, 5.41) is 5.54. The second kappa shape index (κ2) is 7.64. The molecule has 0 atom stereocenters. The van der Waals surface area contributed by atoms with E-state index in [1.165, 1.54) is 25.3 Å². The molecule has 0 heterocycles. The van der Waals surface area contributed by atoms with Crippen molar-refractivity contribution in [2.45, 2.75) is 6.61 Å². The Kier molecular flexibility index (Phi) is 5.59. The number of alkyl halides is 2. The fourth-order valence-corrected chi connectivity index (χ4v) is 1.99. The van der Waals surface area contributed by atoms with E-state index in [1.807, 2.05) is 0 Å². The number of amides is 2. The van der Waals surface area contributed by atoms with Gasteiger partial charge in [0.15, 0.2) is 11.5 Å². The molecule has 0 aliphatic rings. The molecule has 0 aromatic heterocycles. The van der Waals surface area contributed by atoms with Gasteiger partial charge in [-0.2, -0.15) is 8.78 Å². The van der Waals surface area contributed by atoms with Gasteiger partial charge in [-0.25, -0.2) is 4.79 Å². The summed E-state index contributed by atoms with van der Waals surface area (Å²) in [4.78, 5) is 11.9. The van der Waals surface area contributed by atoms with Gasteiger partial charge in [-0.15, -0.1) is 0 Å². The number of anilines is 2. The van der Waals surface area contributed by atoms with E-state index < -0.39 is 12.6 Å². The lowest BCUT2D eigenvalue weighted by Gasteiger charge is -2.12. The topological polar surface area (TPSA) is 59.6 Å². The maximum Gasteiger partial charge on any atom is 0.387 e. The standard InChI is InChI=1S/C15H13ClF2N2O3/c1-22-12-6-5-11(8-13(12)23-14(17)18)20-15(21)19-10-4-2-3-9(16)7-10/h2-8,14H,1H3,(H2,19,20,21). The number of ether oxygens (including phenoxy) is 2. The third kappa shape index (κ3) is 5.00. The number of methoxy groups -OCH3 is 1. The highest BCUT2D eigenvalue weighted by molar-refractivity contribution is 6.30. The van der Waals surface area contributed by atoms with E-state index in [1.54, 1.807) is 24.3 Å². The van der Waals surface area contributed by atoms with Crippen LogP contribution in [0, 0.1) is 0 Å². The molecule has 0 fully saturated rings. The Morgan fingerprint density at radius 2 is 1.78 bits per heavy atom. The van der Waals surface area contributed by atoms with Crippen LogP contribution in [-0.4, -0.2) is 19.8 Å². The maximum absolute atomic E-state index is 12.4. The van der Waals surface area contributed by atoms with Gasteiger partial charge in [0.05, 0.1) is 7.11 Å². The molecule has 8 heteroatoms. The van der Waals surface area contributed by atoms with Crippen molar-refractivity contribution < 1.29 is 23.0 Å². The molecule has 2 aromatic carbocycles. The Hall–Kier alpha value is -2.54. The highest BCUT2D eigenvalue weighted by atomic mass is 35.5. The third-order valence-electron chi connectivity index (χ3n) is 2.72. The van der Waals surface area contributed by atoms with Crippen molar-refractivity contribution in [3.63, 3.8) is 0 Å². The van der Waals surface area contributed by atoms with E-state index in [0.29, 0.717) is 10.7 Å². The highest BCUT2D eigenvalue weighted by Gasteiger charge is 2.12. The monoisotopic (exact) mass is 342 g/mol. The zero-order chi connectivity index (χ0) is 16.8. The Balaban J connectivity index is 2.08. The smallest absolute Gasteiger partial charge is 0.387 e. The minimum absolute atomic E-state index is 0.131. The predicted octanol–water partition coefficient (Wildman–Crippen LogP) is 4.59. The molecule has 0 radical (unpaired) electrons. The average Bonchev–Trinajstić information content (AvgIpc) is 2.46. The average molecular weight is 343 g/mol. The quantitative estimate of drug-likeness (QED) is 0.835. The number of nitrogens with one attached hydrogen (secondary N) is 2. The summed E-state index contributed by atoms with van der Waals surface area (Å²) < 4.78 is 34.0. The summed E-state index contributed by atoms with van der Waals surface area (Å²) in [6.07, 6.45) is 0. The van der Waals surface area contributed by atoms with Crippen LogP contribution in [0.15, 0.2) is 42.5 Å². The van der Waals surface area contributed by atoms with E-state index in [-0.39, 0.29) is 17.2 Å². The predicted molar refractivity (Wildman–Crippen MR) is 83.7 cm³/mol. The van der Waals surface area contributed by atoms with Crippen LogP contribution in [-0.2, 0) is 0 Å². The highest BCUT2D eigenvalue weighted by Crippen LogP contribution is 2.31. The molecule has 0 unspecified atom stereocenters. The lowest BCUT2D eigenvalue weighted by Crippen LogP contribution is -2.19. The minimum Gasteiger partial charge on any atom is -0.493 e. The molecule has 0 saturated carbocycles. The number of urea groups is 1. The van der Waals surface area contributed by atoms with Gasteiger partial charge in [0.2, 0.25) is 0 Å². The van der Waals surface area contributed by atoms with Gasteiger partial charge >= 0.3 is 12.6 Å². The molecule has 0 aliphatic carbocycles. The number of hydrogen-bond donors (Lipinski definition) is 2. The zero-order valence-corrected chi connectivity index (χ0v) is 12.7. The number of carbonyl (C=O) groups excluding carboxylic acids is 1. The van der Waals surface area contributed by atoms with Crippen LogP contribution < -0.4 is 20.1 Å². The Morgan fingerprint density at radius 3 is 2.39 bits per heavy atom. The van der Waals surface area contributed by atoms with Gasteiger partial charge in [0.1, 0.15) is 0 Å². The molecule has 2 N–H and O–H groups in total. The molecule has 2 amide bonds. The Labute approximate surface area is 136 Å². The fraction of sp³-hybridized carbons (Fsp3) is 0.133. The number of carbonyl (C=O) groups is 1. The van der Waals surface area contributed by atoms with E-state index in [4.69, 9.17) is 16.3 Å². The van der Waals surface area contributed by atoms with Crippen molar-refractivity contribution in [2.24, 2.45) is 0 Å². The summed E-state index contributed by atoms with van der Waals surface area (Å²) in [6, 6.07) is 10.2. The second-order valence-corrected chi connectivity index (χ2v) is 4.77. The SMILES string of the molecule is COc1ccc(NC(=O)Nc2cccc(Cl)c2)cc1OC(F)F. The van der Waals surface area contributed by atoms with Gasteiger partial charge in [-0.3, -0.25) is 0 Å². The lowest BCUT2D eigenvalue weighted by molar-refractivity contribution is -0.0511. The van der Waals surface area contributed by atoms with Crippen LogP contribution in [0.2, 0.25) is 5.02 Å². The van der Waals surface area contributed by atoms with Gasteiger partial charge in [0, 0.05) is 22.5 Å². The number of rotatable bonds is 5. The van der Waals surface area contributed by atoms with Crippen molar-refractivity contribution in [3.05, 3.63) is 47.5 Å². The summed E-state index contributed by atoms with van der Waals surface area (Å²) in [6.45, 7) is -3.00. The molecule has 0 aliphatic heterocycles. The summed E-state index contributed by atoms with van der Waals surface area (Å²) >= 11 is 5.82. The minimum atomic E-state index is -3.00. The first kappa shape index (κ1) is 16.8. The second-order valence-electron chi connectivity index (χ2n) is 4.33. The Morgan fingerprint density at radius 1 is 1.09 bits per heavy atom. The fourth-order valence-electron chi connectivity index (χ4n) is 1.80. The van der Waals surface area contributed by atoms with Crippen LogP contribution in [0.3, 0.4) is 0 Å². The third-order valence-corrected chi connectivity index (χ3v) is 2.96. The van der Waals surface area contributed by atoms with Crippen LogP contribution in [0.4, 0.5) is 25.0 Å². The largest absolute Gasteiger partial charge is 0.493 e. The van der Waals surface area contributed by atoms with Crippen molar-refractivity contribution in [1.82, 2.24) is 0 Å². The molecule has 2 aromatic rings. The summed E-state index contributed by atoms with van der Waals surface area (Å²) in [7, 11) is 1.33. The van der Waals surface area contributed by atoms with E-state index in [0.717, 1.165) is 0 Å². The van der Waals surface area contributed by atoms with Crippen LogP contribution >= 0.6 is 11.6 Å². The molecule has 5 nitrogen and oxygen atoms in total.